The Morgan fingerprint density at radius 3 is 2.60 bits per heavy atom. The van der Waals surface area contributed by atoms with E-state index in [2.05, 4.69) is 45.7 Å². The zero-order valence-electron chi connectivity index (χ0n) is 11.8. The van der Waals surface area contributed by atoms with E-state index in [1.165, 1.54) is 18.6 Å². The largest absolute Gasteiger partial charge is 0.207 e. The summed E-state index contributed by atoms with van der Waals surface area (Å²) in [6.45, 7) is 4.47. The summed E-state index contributed by atoms with van der Waals surface area (Å²) in [5.74, 6) is 0.713. The van der Waals surface area contributed by atoms with Crippen LogP contribution in [0, 0.1) is 29.4 Å². The minimum Gasteiger partial charge on any atom is -0.207 e. The highest BCUT2D eigenvalue weighted by Gasteiger charge is 2.31. The van der Waals surface area contributed by atoms with E-state index in [0.29, 0.717) is 33.5 Å². The molecule has 1 aliphatic rings. The van der Waals surface area contributed by atoms with Crippen molar-refractivity contribution in [2.45, 2.75) is 44.4 Å². The molecule has 0 N–H and O–H groups in total. The molecule has 1 fully saturated rings. The molecule has 3 unspecified atom stereocenters. The molecule has 4 heteroatoms. The minimum absolute atomic E-state index is 0.221. The van der Waals surface area contributed by atoms with Gasteiger partial charge in [0.1, 0.15) is 11.6 Å². The van der Waals surface area contributed by atoms with Crippen LogP contribution in [-0.4, -0.2) is 4.83 Å². The number of halogens is 4. The van der Waals surface area contributed by atoms with Crippen LogP contribution >= 0.6 is 31.9 Å². The number of hydrogen-bond acceptors (Lipinski definition) is 0. The second-order valence-corrected chi connectivity index (χ2v) is 8.15. The van der Waals surface area contributed by atoms with Crippen LogP contribution in [0.25, 0.3) is 0 Å². The molecule has 0 aromatic heterocycles. The standard InChI is InChI=1S/C16H20Br2F2/c1-9(2)10-3-4-13(17)11(7-10)8-12-15(19)6-5-14(18)16(12)20/h5-6,9-11,13H,3-4,7-8H2,1-2H3. The quantitative estimate of drug-likeness (QED) is 0.417. The van der Waals surface area contributed by atoms with Gasteiger partial charge >= 0.3 is 0 Å². The fourth-order valence-electron chi connectivity index (χ4n) is 3.10. The van der Waals surface area contributed by atoms with Crippen LogP contribution in [0.3, 0.4) is 0 Å². The first-order valence-corrected chi connectivity index (χ1v) is 8.87. The Hall–Kier alpha value is 0.0400. The maximum Gasteiger partial charge on any atom is 0.143 e. The average molecular weight is 410 g/mol. The Balaban J connectivity index is 2.18. The Morgan fingerprint density at radius 2 is 1.95 bits per heavy atom. The van der Waals surface area contributed by atoms with Gasteiger partial charge in [0.15, 0.2) is 0 Å². The molecular weight excluding hydrogens is 390 g/mol. The first-order valence-electron chi connectivity index (χ1n) is 7.16. The molecule has 0 bridgehead atoms. The number of hydrogen-bond donors (Lipinski definition) is 0. The third kappa shape index (κ3) is 3.62. The molecule has 3 atom stereocenters. The summed E-state index contributed by atoms with van der Waals surface area (Å²) >= 11 is 6.84. The minimum atomic E-state index is -0.448. The highest BCUT2D eigenvalue weighted by atomic mass is 79.9. The lowest BCUT2D eigenvalue weighted by molar-refractivity contribution is 0.220. The normalized spacial score (nSPS) is 27.1. The average Bonchev–Trinajstić information content (AvgIpc) is 2.41. The molecule has 1 aliphatic carbocycles. The smallest absolute Gasteiger partial charge is 0.143 e. The molecule has 2 rings (SSSR count). The van der Waals surface area contributed by atoms with Gasteiger partial charge in [0.2, 0.25) is 0 Å². The summed E-state index contributed by atoms with van der Waals surface area (Å²) in [6.07, 6.45) is 3.80. The van der Waals surface area contributed by atoms with E-state index >= 15 is 0 Å². The SMILES string of the molecule is CC(C)C1CCC(Br)C(Cc2c(F)ccc(Br)c2F)C1. The predicted molar refractivity (Wildman–Crippen MR) is 86.1 cm³/mol. The van der Waals surface area contributed by atoms with Gasteiger partial charge in [0.25, 0.3) is 0 Å². The number of rotatable bonds is 3. The Labute approximate surface area is 136 Å². The van der Waals surface area contributed by atoms with Crippen molar-refractivity contribution in [2.75, 3.05) is 0 Å². The summed E-state index contributed by atoms with van der Waals surface area (Å²) < 4.78 is 28.3. The Kier molecular flexibility index (Phi) is 5.63. The Morgan fingerprint density at radius 1 is 1.25 bits per heavy atom. The van der Waals surface area contributed by atoms with Crippen LogP contribution in [-0.2, 0) is 6.42 Å². The lowest BCUT2D eigenvalue weighted by atomic mass is 9.74. The van der Waals surface area contributed by atoms with Crippen LogP contribution < -0.4 is 0 Å². The molecule has 1 saturated carbocycles. The maximum absolute atomic E-state index is 14.1. The first kappa shape index (κ1) is 16.4. The van der Waals surface area contributed by atoms with Crippen LogP contribution in [0.4, 0.5) is 8.78 Å². The van der Waals surface area contributed by atoms with Crippen molar-refractivity contribution >= 4 is 31.9 Å². The molecule has 112 valence electrons. The third-order valence-electron chi connectivity index (χ3n) is 4.48. The van der Waals surface area contributed by atoms with Gasteiger partial charge < -0.3 is 0 Å². The van der Waals surface area contributed by atoms with Crippen molar-refractivity contribution in [3.05, 3.63) is 33.8 Å². The van der Waals surface area contributed by atoms with Crippen LogP contribution in [0.2, 0.25) is 0 Å². The maximum atomic E-state index is 14.1. The topological polar surface area (TPSA) is 0 Å². The highest BCUT2D eigenvalue weighted by Crippen LogP contribution is 2.39. The molecule has 0 radical (unpaired) electrons. The summed E-state index contributed by atoms with van der Waals surface area (Å²) in [4.78, 5) is 0.357. The molecule has 1 aromatic carbocycles. The Bertz CT molecular complexity index is 474. The molecule has 0 heterocycles. The zero-order chi connectivity index (χ0) is 14.9. The zero-order valence-corrected chi connectivity index (χ0v) is 15.0. The van der Waals surface area contributed by atoms with Crippen molar-refractivity contribution in [1.29, 1.82) is 0 Å². The lowest BCUT2D eigenvalue weighted by Gasteiger charge is -2.35. The monoisotopic (exact) mass is 408 g/mol. The molecular formula is C16H20Br2F2. The van der Waals surface area contributed by atoms with E-state index in [4.69, 9.17) is 0 Å². The summed E-state index contributed by atoms with van der Waals surface area (Å²) in [6, 6.07) is 2.77. The van der Waals surface area contributed by atoms with Crippen molar-refractivity contribution in [2.24, 2.45) is 17.8 Å². The van der Waals surface area contributed by atoms with E-state index in [9.17, 15) is 8.78 Å². The van der Waals surface area contributed by atoms with Gasteiger partial charge in [-0.3, -0.25) is 0 Å². The van der Waals surface area contributed by atoms with E-state index in [-0.39, 0.29) is 5.56 Å². The van der Waals surface area contributed by atoms with Crippen molar-refractivity contribution < 1.29 is 8.78 Å². The molecule has 1 aromatic rings. The second kappa shape index (κ2) is 6.87. The summed E-state index contributed by atoms with van der Waals surface area (Å²) in [7, 11) is 0. The van der Waals surface area contributed by atoms with E-state index < -0.39 is 11.6 Å². The van der Waals surface area contributed by atoms with Gasteiger partial charge in [0, 0.05) is 10.4 Å². The van der Waals surface area contributed by atoms with Gasteiger partial charge in [-0.25, -0.2) is 8.78 Å². The number of alkyl halides is 1. The fraction of sp³-hybridized carbons (Fsp3) is 0.625. The third-order valence-corrected chi connectivity index (χ3v) is 6.30. The van der Waals surface area contributed by atoms with Gasteiger partial charge in [-0.05, 0) is 71.5 Å². The second-order valence-electron chi connectivity index (χ2n) is 6.12. The van der Waals surface area contributed by atoms with E-state index in [1.54, 1.807) is 0 Å². The molecule has 0 nitrogen and oxygen atoms in total. The molecule has 0 spiro atoms. The van der Waals surface area contributed by atoms with Crippen LogP contribution in [0.5, 0.6) is 0 Å². The van der Waals surface area contributed by atoms with Crippen molar-refractivity contribution in [1.82, 2.24) is 0 Å². The van der Waals surface area contributed by atoms with Gasteiger partial charge in [-0.2, -0.15) is 0 Å². The molecule has 0 amide bonds. The first-order chi connectivity index (χ1) is 9.40. The molecule has 0 saturated heterocycles. The lowest BCUT2D eigenvalue weighted by Crippen LogP contribution is -2.29. The fourth-order valence-corrected chi connectivity index (χ4v) is 4.14. The summed E-state index contributed by atoms with van der Waals surface area (Å²) in [5, 5.41) is 0. The van der Waals surface area contributed by atoms with Crippen molar-refractivity contribution in [3.63, 3.8) is 0 Å². The number of benzene rings is 1. The summed E-state index contributed by atoms with van der Waals surface area (Å²) in [5.41, 5.74) is 0.221. The van der Waals surface area contributed by atoms with E-state index in [0.717, 1.165) is 12.8 Å². The van der Waals surface area contributed by atoms with Gasteiger partial charge in [-0.1, -0.05) is 29.8 Å². The highest BCUT2D eigenvalue weighted by molar-refractivity contribution is 9.10. The molecule has 20 heavy (non-hydrogen) atoms. The van der Waals surface area contributed by atoms with Crippen LogP contribution in [0.1, 0.15) is 38.7 Å². The molecule has 0 aliphatic heterocycles. The van der Waals surface area contributed by atoms with Gasteiger partial charge in [0.05, 0.1) is 4.47 Å². The van der Waals surface area contributed by atoms with Crippen LogP contribution in [0.15, 0.2) is 16.6 Å². The predicted octanol–water partition coefficient (Wildman–Crippen LogP) is 6.11. The van der Waals surface area contributed by atoms with E-state index in [1.807, 2.05) is 0 Å². The van der Waals surface area contributed by atoms with Crippen molar-refractivity contribution in [3.8, 4) is 0 Å². The van der Waals surface area contributed by atoms with Gasteiger partial charge in [-0.15, -0.1) is 0 Å².